The molecule has 0 spiro atoms. The first-order valence-electron chi connectivity index (χ1n) is 11.8. The predicted octanol–water partition coefficient (Wildman–Crippen LogP) is 6.36. The summed E-state index contributed by atoms with van der Waals surface area (Å²) in [6, 6.07) is 5.17. The highest BCUT2D eigenvalue weighted by Gasteiger charge is 2.21. The Kier molecular flexibility index (Phi) is 12.7. The number of halogens is 3. The molecule has 2 aromatic carbocycles. The van der Waals surface area contributed by atoms with E-state index >= 15 is 0 Å². The molecule has 0 amide bonds. The SMILES string of the molecule is C.CC.CCOC(=O)C1CCCCC1.O=c1ncn(Cc2c(F)cc(F)cc2F)c2ccc(O)cc12. The molecule has 36 heavy (non-hydrogen) atoms. The van der Waals surface area contributed by atoms with E-state index in [0.29, 0.717) is 24.3 Å². The highest BCUT2D eigenvalue weighted by atomic mass is 19.1. The van der Waals surface area contributed by atoms with Crippen LogP contribution in [-0.2, 0) is 16.1 Å². The van der Waals surface area contributed by atoms with E-state index in [0.717, 1.165) is 19.2 Å². The minimum atomic E-state index is -1.02. The number of nitrogens with zero attached hydrogens (tertiary/aromatic N) is 2. The van der Waals surface area contributed by atoms with Crippen LogP contribution in [0.3, 0.4) is 0 Å². The molecule has 1 aromatic heterocycles. The smallest absolute Gasteiger partial charge is 0.308 e. The van der Waals surface area contributed by atoms with Crippen molar-refractivity contribution >= 4 is 16.9 Å². The van der Waals surface area contributed by atoms with E-state index in [-0.39, 0.29) is 42.6 Å². The summed E-state index contributed by atoms with van der Waals surface area (Å²) in [5.74, 6) is -2.95. The maximum atomic E-state index is 13.7. The van der Waals surface area contributed by atoms with Crippen LogP contribution in [0.4, 0.5) is 13.2 Å². The molecule has 0 unspecified atom stereocenters. The Morgan fingerprint density at radius 3 is 2.28 bits per heavy atom. The zero-order chi connectivity index (χ0) is 26.0. The summed E-state index contributed by atoms with van der Waals surface area (Å²) in [5, 5.41) is 9.53. The summed E-state index contributed by atoms with van der Waals surface area (Å²) >= 11 is 0. The zero-order valence-corrected chi connectivity index (χ0v) is 20.2. The van der Waals surface area contributed by atoms with Crippen molar-refractivity contribution in [3.63, 3.8) is 0 Å². The largest absolute Gasteiger partial charge is 0.508 e. The molecule has 6 nitrogen and oxygen atoms in total. The normalized spacial score (nSPS) is 12.9. The summed E-state index contributed by atoms with van der Waals surface area (Å²) < 4.78 is 46.7. The van der Waals surface area contributed by atoms with Crippen LogP contribution in [0.5, 0.6) is 5.75 Å². The topological polar surface area (TPSA) is 81.4 Å². The van der Waals surface area contributed by atoms with Gasteiger partial charge < -0.3 is 14.4 Å². The van der Waals surface area contributed by atoms with E-state index in [1.54, 1.807) is 0 Å². The number of esters is 1. The van der Waals surface area contributed by atoms with Crippen LogP contribution in [-0.4, -0.2) is 27.2 Å². The Balaban J connectivity index is 0.000000393. The van der Waals surface area contributed by atoms with Gasteiger partial charge in [0, 0.05) is 17.7 Å². The third-order valence-corrected chi connectivity index (χ3v) is 5.49. The maximum Gasteiger partial charge on any atom is 0.308 e. The van der Waals surface area contributed by atoms with Crippen molar-refractivity contribution in [1.29, 1.82) is 0 Å². The van der Waals surface area contributed by atoms with E-state index in [2.05, 4.69) is 4.98 Å². The van der Waals surface area contributed by atoms with Gasteiger partial charge in [0.15, 0.2) is 0 Å². The van der Waals surface area contributed by atoms with Crippen LogP contribution in [0, 0.1) is 23.4 Å². The first-order chi connectivity index (χ1) is 16.8. The molecule has 1 saturated carbocycles. The summed E-state index contributed by atoms with van der Waals surface area (Å²) in [5.41, 5.74) is -0.565. The Labute approximate surface area is 209 Å². The monoisotopic (exact) mass is 508 g/mol. The van der Waals surface area contributed by atoms with Gasteiger partial charge >= 0.3 is 5.97 Å². The molecule has 0 aliphatic heterocycles. The third kappa shape index (κ3) is 8.10. The van der Waals surface area contributed by atoms with Crippen LogP contribution in [0.2, 0.25) is 0 Å². The quantitative estimate of drug-likeness (QED) is 0.415. The Morgan fingerprint density at radius 1 is 1.08 bits per heavy atom. The molecule has 1 heterocycles. The lowest BCUT2D eigenvalue weighted by Crippen LogP contribution is -2.20. The van der Waals surface area contributed by atoms with Crippen LogP contribution in [0.25, 0.3) is 10.9 Å². The third-order valence-electron chi connectivity index (χ3n) is 5.49. The number of aromatic hydroxyl groups is 1. The van der Waals surface area contributed by atoms with Gasteiger partial charge in [-0.1, -0.05) is 40.5 Å². The molecule has 1 N–H and O–H groups in total. The standard InChI is InChI=1S/C15H9F3N2O2.C9H16O2.C2H6.CH4/c16-8-3-12(17)11(13(18)4-8)6-20-7-19-15(22)10-5-9(21)1-2-14(10)20;1-2-11-9(10)8-6-4-3-5-7-8;1-2;/h1-5,7,21H,6H2;8H,2-7H2,1H3;1-2H3;1H4. The molecule has 9 heteroatoms. The maximum absolute atomic E-state index is 13.7. The molecule has 0 saturated heterocycles. The average molecular weight is 509 g/mol. The second kappa shape index (κ2) is 14.9. The van der Waals surface area contributed by atoms with Crippen molar-refractivity contribution in [1.82, 2.24) is 9.55 Å². The van der Waals surface area contributed by atoms with Gasteiger partial charge in [0.25, 0.3) is 5.56 Å². The van der Waals surface area contributed by atoms with E-state index in [1.807, 2.05) is 20.8 Å². The van der Waals surface area contributed by atoms with Crippen LogP contribution in [0.15, 0.2) is 41.5 Å². The highest BCUT2D eigenvalue weighted by Crippen LogP contribution is 2.24. The Bertz CT molecular complexity index is 1170. The van der Waals surface area contributed by atoms with Gasteiger partial charge in [0.2, 0.25) is 0 Å². The fourth-order valence-corrected chi connectivity index (χ4v) is 3.82. The van der Waals surface area contributed by atoms with E-state index in [4.69, 9.17) is 4.74 Å². The fourth-order valence-electron chi connectivity index (χ4n) is 3.82. The fraction of sp³-hybridized carbons (Fsp3) is 0.444. The Hall–Kier alpha value is -3.36. The summed E-state index contributed by atoms with van der Waals surface area (Å²) in [7, 11) is 0. The Morgan fingerprint density at radius 2 is 1.69 bits per heavy atom. The van der Waals surface area contributed by atoms with E-state index in [9.17, 15) is 27.9 Å². The number of ether oxygens (including phenoxy) is 1. The number of benzene rings is 2. The molecule has 1 fully saturated rings. The molecule has 198 valence electrons. The number of rotatable bonds is 4. The highest BCUT2D eigenvalue weighted by molar-refractivity contribution is 5.79. The molecular weight excluding hydrogens is 473 g/mol. The van der Waals surface area contributed by atoms with Crippen molar-refractivity contribution in [2.75, 3.05) is 6.61 Å². The molecule has 1 aliphatic carbocycles. The van der Waals surface area contributed by atoms with Gasteiger partial charge in [0.05, 0.1) is 36.3 Å². The van der Waals surface area contributed by atoms with E-state index < -0.39 is 23.0 Å². The number of carbonyl (C=O) groups excluding carboxylic acids is 1. The first kappa shape index (κ1) is 30.7. The van der Waals surface area contributed by atoms with E-state index in [1.165, 1.54) is 42.0 Å². The number of aromatic nitrogens is 2. The number of hydrogen-bond donors (Lipinski definition) is 1. The molecule has 0 atom stereocenters. The lowest BCUT2D eigenvalue weighted by molar-refractivity contribution is -0.149. The van der Waals surface area contributed by atoms with Crippen molar-refractivity contribution in [3.8, 4) is 5.75 Å². The molecule has 3 aromatic rings. The first-order valence-corrected chi connectivity index (χ1v) is 11.8. The lowest BCUT2D eigenvalue weighted by Gasteiger charge is -2.19. The number of hydrogen-bond acceptors (Lipinski definition) is 5. The summed E-state index contributed by atoms with van der Waals surface area (Å²) in [6.07, 6.45) is 6.91. The van der Waals surface area contributed by atoms with Gasteiger partial charge in [-0.3, -0.25) is 9.59 Å². The van der Waals surface area contributed by atoms with Gasteiger partial charge in [-0.05, 0) is 38.0 Å². The minimum Gasteiger partial charge on any atom is -0.508 e. The number of phenolic OH excluding ortho intramolecular Hbond substituents is 1. The lowest BCUT2D eigenvalue weighted by atomic mass is 9.89. The predicted molar refractivity (Wildman–Crippen MR) is 134 cm³/mol. The van der Waals surface area contributed by atoms with Gasteiger partial charge in [-0.2, -0.15) is 4.98 Å². The summed E-state index contributed by atoms with van der Waals surface area (Å²) in [6.45, 7) is 6.11. The van der Waals surface area contributed by atoms with Crippen LogP contribution < -0.4 is 5.56 Å². The molecule has 0 radical (unpaired) electrons. The van der Waals surface area contributed by atoms with Crippen molar-refractivity contribution < 1.29 is 27.8 Å². The zero-order valence-electron chi connectivity index (χ0n) is 20.2. The van der Waals surface area contributed by atoms with Gasteiger partial charge in [-0.15, -0.1) is 0 Å². The number of phenols is 1. The van der Waals surface area contributed by atoms with Gasteiger partial charge in [0.1, 0.15) is 23.2 Å². The number of fused-ring (bicyclic) bond motifs is 1. The van der Waals surface area contributed by atoms with Crippen molar-refractivity contribution in [2.24, 2.45) is 5.92 Å². The number of carbonyl (C=O) groups is 1. The van der Waals surface area contributed by atoms with Crippen LogP contribution >= 0.6 is 0 Å². The van der Waals surface area contributed by atoms with Crippen molar-refractivity contribution in [2.45, 2.75) is 66.8 Å². The second-order valence-corrected chi connectivity index (χ2v) is 7.81. The summed E-state index contributed by atoms with van der Waals surface area (Å²) in [4.78, 5) is 26.5. The van der Waals surface area contributed by atoms with Gasteiger partial charge in [-0.25, -0.2) is 13.2 Å². The van der Waals surface area contributed by atoms with Crippen LogP contribution in [0.1, 0.15) is 65.9 Å². The molecule has 1 aliphatic rings. The second-order valence-electron chi connectivity index (χ2n) is 7.81. The molecule has 4 rings (SSSR count). The molecule has 0 bridgehead atoms. The minimum absolute atomic E-state index is 0. The van der Waals surface area contributed by atoms with Crippen molar-refractivity contribution in [3.05, 3.63) is 70.0 Å². The average Bonchev–Trinajstić information content (AvgIpc) is 2.85. The molecular formula is C27H35F3N2O4.